The second-order valence-corrected chi connectivity index (χ2v) is 7.29. The molecule has 1 atom stereocenters. The van der Waals surface area contributed by atoms with Crippen LogP contribution in [0.5, 0.6) is 0 Å². The zero-order valence-corrected chi connectivity index (χ0v) is 18.8. The van der Waals surface area contributed by atoms with Gasteiger partial charge in [0.15, 0.2) is 0 Å². The predicted octanol–water partition coefficient (Wildman–Crippen LogP) is 4.44. The maximum atomic E-state index is 12.5. The van der Waals surface area contributed by atoms with Gasteiger partial charge in [-0.2, -0.15) is 17.6 Å². The first-order chi connectivity index (χ1) is 14.8. The lowest BCUT2D eigenvalue weighted by Crippen LogP contribution is -2.67. The van der Waals surface area contributed by atoms with Crippen LogP contribution in [0.1, 0.15) is 45.1 Å². The van der Waals surface area contributed by atoms with E-state index in [4.69, 9.17) is 4.98 Å². The van der Waals surface area contributed by atoms with E-state index in [1.807, 2.05) is 62.5 Å². The summed E-state index contributed by atoms with van der Waals surface area (Å²) in [5, 5.41) is 6.37. The number of hydrogen-bond donors (Lipinski definition) is 3. The third-order valence-corrected chi connectivity index (χ3v) is 5.70. The van der Waals surface area contributed by atoms with Crippen LogP contribution in [-0.2, 0) is 4.79 Å². The van der Waals surface area contributed by atoms with Gasteiger partial charge in [0.2, 0.25) is 11.9 Å². The van der Waals surface area contributed by atoms with Gasteiger partial charge in [-0.15, -0.1) is 0 Å². The number of nitrogens with one attached hydrogen (secondary N) is 2. The van der Waals surface area contributed by atoms with Gasteiger partial charge in [0.1, 0.15) is 11.9 Å². The van der Waals surface area contributed by atoms with E-state index in [2.05, 4.69) is 33.1 Å². The number of rotatable bonds is 2. The summed E-state index contributed by atoms with van der Waals surface area (Å²) in [6.07, 6.45) is 12.0. The maximum Gasteiger partial charge on any atom is 0.246 e. The van der Waals surface area contributed by atoms with Crippen LogP contribution in [0.3, 0.4) is 0 Å². The number of thiol groups is 1. The minimum atomic E-state index is -0.283. The molecule has 1 saturated carbocycles. The van der Waals surface area contributed by atoms with Gasteiger partial charge in [0.25, 0.3) is 0 Å². The average molecular weight is 426 g/mol. The average Bonchev–Trinajstić information content (AvgIpc) is 3.28. The summed E-state index contributed by atoms with van der Waals surface area (Å²) >= 11 is 3.53. The molecule has 5 rings (SSSR count). The van der Waals surface area contributed by atoms with Crippen LogP contribution in [0, 0.1) is 0 Å². The lowest BCUT2D eigenvalue weighted by molar-refractivity contribution is -0.123. The maximum absolute atomic E-state index is 12.5. The Morgan fingerprint density at radius 3 is 2.57 bits per heavy atom. The summed E-state index contributed by atoms with van der Waals surface area (Å²) in [4.78, 5) is 24.0. The highest BCUT2D eigenvalue weighted by Gasteiger charge is 2.49. The van der Waals surface area contributed by atoms with Gasteiger partial charge >= 0.3 is 0 Å². The van der Waals surface area contributed by atoms with Gasteiger partial charge in [-0.3, -0.25) is 4.79 Å². The standard InChI is InChI=1S/C20H21N5O.C2H6.CH4S/c26-18-16-9-8-14-12-21-19(23-15-6-2-1-3-7-15)24-17(14)25(16)20(13-22-18)10-4-5-11-20;2*1-2/h1-3,6-9,12,16H,4-5,10-11,13H2,(H,22,26)(H,21,23,24);1-2H3;2H,1H3. The fraction of sp³-hybridized carbons (Fsp3) is 0.435. The molecule has 1 saturated heterocycles. The number of carbonyl (C=O) groups excluding carboxylic acids is 1. The van der Waals surface area contributed by atoms with E-state index in [9.17, 15) is 4.79 Å². The molecule has 1 aliphatic carbocycles. The van der Waals surface area contributed by atoms with E-state index in [1.165, 1.54) is 12.8 Å². The summed E-state index contributed by atoms with van der Waals surface area (Å²) in [5.74, 6) is 1.48. The van der Waals surface area contributed by atoms with Crippen molar-refractivity contribution in [2.75, 3.05) is 23.0 Å². The number of carbonyl (C=O) groups is 1. The molecule has 3 heterocycles. The number of anilines is 3. The molecule has 6 nitrogen and oxygen atoms in total. The normalized spacial score (nSPS) is 20.1. The molecule has 1 spiro atoms. The molecule has 7 heteroatoms. The first-order valence-corrected chi connectivity index (χ1v) is 11.5. The lowest BCUT2D eigenvalue weighted by atomic mass is 9.87. The highest BCUT2D eigenvalue weighted by molar-refractivity contribution is 7.79. The number of fused-ring (bicyclic) bond motifs is 4. The van der Waals surface area contributed by atoms with E-state index in [0.29, 0.717) is 12.5 Å². The molecule has 30 heavy (non-hydrogen) atoms. The van der Waals surface area contributed by atoms with Crippen LogP contribution in [0.15, 0.2) is 42.6 Å². The SMILES string of the molecule is CC.CS.O=C1NCC2(CCCC2)N2c3nc(Nc4ccccc4)ncc3C=CC12. The van der Waals surface area contributed by atoms with Gasteiger partial charge in [0, 0.05) is 24.0 Å². The van der Waals surface area contributed by atoms with Crippen LogP contribution in [0.25, 0.3) is 6.08 Å². The van der Waals surface area contributed by atoms with Gasteiger partial charge in [-0.05, 0) is 31.2 Å². The van der Waals surface area contributed by atoms with Gasteiger partial charge in [-0.25, -0.2) is 4.98 Å². The van der Waals surface area contributed by atoms with Gasteiger partial charge < -0.3 is 15.5 Å². The molecule has 0 radical (unpaired) electrons. The number of para-hydroxylation sites is 1. The number of nitrogens with zero attached hydrogens (tertiary/aromatic N) is 3. The molecule has 2 aliphatic heterocycles. The third kappa shape index (κ3) is 4.17. The van der Waals surface area contributed by atoms with Crippen LogP contribution in [0.2, 0.25) is 0 Å². The van der Waals surface area contributed by atoms with Crippen LogP contribution in [-0.4, -0.2) is 40.3 Å². The fourth-order valence-corrected chi connectivity index (χ4v) is 4.43. The lowest BCUT2D eigenvalue weighted by Gasteiger charge is -2.50. The third-order valence-electron chi connectivity index (χ3n) is 5.70. The summed E-state index contributed by atoms with van der Waals surface area (Å²) in [6, 6.07) is 9.61. The predicted molar refractivity (Wildman–Crippen MR) is 128 cm³/mol. The smallest absolute Gasteiger partial charge is 0.246 e. The summed E-state index contributed by atoms with van der Waals surface area (Å²) < 4.78 is 0. The zero-order valence-electron chi connectivity index (χ0n) is 17.9. The van der Waals surface area contributed by atoms with Crippen LogP contribution >= 0.6 is 12.6 Å². The van der Waals surface area contributed by atoms with Crippen LogP contribution in [0.4, 0.5) is 17.5 Å². The van der Waals surface area contributed by atoms with Gasteiger partial charge in [0.05, 0.1) is 5.54 Å². The van der Waals surface area contributed by atoms with Crippen molar-refractivity contribution in [3.05, 3.63) is 48.2 Å². The highest BCUT2D eigenvalue weighted by Crippen LogP contribution is 2.43. The first kappa shape index (κ1) is 22.2. The molecule has 3 aliphatic rings. The Balaban J connectivity index is 0.000000606. The number of piperazine rings is 1. The van der Waals surface area contributed by atoms with Crippen molar-refractivity contribution in [2.45, 2.75) is 51.1 Å². The molecule has 1 aromatic heterocycles. The minimum Gasteiger partial charge on any atom is -0.352 e. The van der Waals surface area contributed by atoms with E-state index in [1.54, 1.807) is 6.26 Å². The Labute approximate surface area is 184 Å². The molecular weight excluding hydrogens is 394 g/mol. The Bertz CT molecular complexity index is 880. The number of aromatic nitrogens is 2. The van der Waals surface area contributed by atoms with Crippen molar-refractivity contribution < 1.29 is 4.79 Å². The first-order valence-electron chi connectivity index (χ1n) is 10.6. The second kappa shape index (κ2) is 9.98. The minimum absolute atomic E-state index is 0.0313. The Kier molecular flexibility index (Phi) is 7.37. The van der Waals surface area contributed by atoms with E-state index in [-0.39, 0.29) is 17.5 Å². The van der Waals surface area contributed by atoms with Crippen molar-refractivity contribution in [3.8, 4) is 0 Å². The molecule has 2 N–H and O–H groups in total. The van der Waals surface area contributed by atoms with Crippen LogP contribution < -0.4 is 15.5 Å². The van der Waals surface area contributed by atoms with Crippen molar-refractivity contribution in [2.24, 2.45) is 0 Å². The van der Waals surface area contributed by atoms with Crippen molar-refractivity contribution in [1.29, 1.82) is 0 Å². The van der Waals surface area contributed by atoms with Crippen molar-refractivity contribution in [1.82, 2.24) is 15.3 Å². The highest BCUT2D eigenvalue weighted by atomic mass is 32.1. The van der Waals surface area contributed by atoms with E-state index >= 15 is 0 Å². The molecular formula is C23H31N5OS. The molecule has 1 unspecified atom stereocenters. The van der Waals surface area contributed by atoms with Crippen molar-refractivity contribution in [3.63, 3.8) is 0 Å². The quantitative estimate of drug-likeness (QED) is 0.621. The Hall–Kier alpha value is -2.54. The molecule has 160 valence electrons. The summed E-state index contributed by atoms with van der Waals surface area (Å²) in [5.41, 5.74) is 1.89. The summed E-state index contributed by atoms with van der Waals surface area (Å²) in [6.45, 7) is 4.70. The zero-order chi connectivity index (χ0) is 21.6. The molecule has 0 bridgehead atoms. The monoisotopic (exact) mass is 425 g/mol. The largest absolute Gasteiger partial charge is 0.352 e. The molecule has 1 aromatic carbocycles. The number of amides is 1. The topological polar surface area (TPSA) is 70.2 Å². The second-order valence-electron chi connectivity index (χ2n) is 7.29. The fourth-order valence-electron chi connectivity index (χ4n) is 4.43. The molecule has 2 fully saturated rings. The Morgan fingerprint density at radius 1 is 1.17 bits per heavy atom. The van der Waals surface area contributed by atoms with E-state index < -0.39 is 0 Å². The summed E-state index contributed by atoms with van der Waals surface area (Å²) in [7, 11) is 0. The van der Waals surface area contributed by atoms with Gasteiger partial charge in [-0.1, -0.05) is 57.0 Å². The van der Waals surface area contributed by atoms with Crippen molar-refractivity contribution >= 4 is 42.1 Å². The Morgan fingerprint density at radius 2 is 1.87 bits per heavy atom. The number of hydrogen-bond acceptors (Lipinski definition) is 6. The molecule has 1 amide bonds. The van der Waals surface area contributed by atoms with E-state index in [0.717, 1.165) is 29.9 Å². The number of benzene rings is 1. The molecule has 2 aromatic rings.